The predicted octanol–water partition coefficient (Wildman–Crippen LogP) is 4.96. The molecule has 0 saturated heterocycles. The zero-order valence-corrected chi connectivity index (χ0v) is 17.9. The Morgan fingerprint density at radius 1 is 1.03 bits per heavy atom. The first kappa shape index (κ1) is 23.3. The number of amides is 1. The SMILES string of the molecule is O=C(NC(CSCCSC(F)(F)F)C(=O)O)OCC1c2ccccc2-c2ccccc21. The molecule has 0 aliphatic heterocycles. The average molecular weight is 472 g/mol. The van der Waals surface area contributed by atoms with Gasteiger partial charge in [-0.3, -0.25) is 0 Å². The van der Waals surface area contributed by atoms with Crippen LogP contribution in [0.5, 0.6) is 0 Å². The molecule has 0 spiro atoms. The van der Waals surface area contributed by atoms with E-state index in [4.69, 9.17) is 4.74 Å². The number of nitrogens with one attached hydrogen (secondary N) is 1. The van der Waals surface area contributed by atoms with Crippen LogP contribution in [0.3, 0.4) is 0 Å². The zero-order valence-electron chi connectivity index (χ0n) is 16.2. The number of carbonyl (C=O) groups is 2. The summed E-state index contributed by atoms with van der Waals surface area (Å²) >= 11 is 0.864. The molecule has 2 aromatic carbocycles. The number of carboxylic acid groups (broad SMARTS) is 1. The van der Waals surface area contributed by atoms with Crippen molar-refractivity contribution in [2.45, 2.75) is 17.5 Å². The van der Waals surface area contributed by atoms with Gasteiger partial charge in [0.25, 0.3) is 0 Å². The Hall–Kier alpha value is -2.33. The summed E-state index contributed by atoms with van der Waals surface area (Å²) in [6.45, 7) is 0.0432. The van der Waals surface area contributed by atoms with E-state index in [9.17, 15) is 27.9 Å². The van der Waals surface area contributed by atoms with Crippen molar-refractivity contribution in [1.29, 1.82) is 0 Å². The van der Waals surface area contributed by atoms with Gasteiger partial charge in [0.05, 0.1) is 0 Å². The molecule has 1 aliphatic rings. The van der Waals surface area contributed by atoms with Crippen molar-refractivity contribution in [2.24, 2.45) is 0 Å². The van der Waals surface area contributed by atoms with Gasteiger partial charge < -0.3 is 15.2 Å². The number of halogens is 3. The lowest BCUT2D eigenvalue weighted by Gasteiger charge is -2.17. The molecular formula is C21H20F3NO4S2. The van der Waals surface area contributed by atoms with E-state index in [1.54, 1.807) is 0 Å². The Kier molecular flexibility index (Phi) is 7.77. The number of benzene rings is 2. The third-order valence-corrected chi connectivity index (χ3v) is 6.77. The number of hydrogen-bond acceptors (Lipinski definition) is 5. The Morgan fingerprint density at radius 3 is 2.16 bits per heavy atom. The highest BCUT2D eigenvalue weighted by Gasteiger charge is 2.30. The van der Waals surface area contributed by atoms with E-state index in [-0.39, 0.29) is 41.5 Å². The van der Waals surface area contributed by atoms with Crippen molar-refractivity contribution in [1.82, 2.24) is 5.32 Å². The van der Waals surface area contributed by atoms with Gasteiger partial charge in [0, 0.05) is 23.2 Å². The fraction of sp³-hybridized carbons (Fsp3) is 0.333. The van der Waals surface area contributed by atoms with Crippen LogP contribution in [0.4, 0.5) is 18.0 Å². The van der Waals surface area contributed by atoms with Crippen LogP contribution in [-0.2, 0) is 9.53 Å². The first-order valence-corrected chi connectivity index (χ1v) is 11.5. The van der Waals surface area contributed by atoms with Gasteiger partial charge in [-0.05, 0) is 22.3 Å². The summed E-state index contributed by atoms with van der Waals surface area (Å²) in [5, 5.41) is 11.6. The van der Waals surface area contributed by atoms with Gasteiger partial charge in [-0.1, -0.05) is 60.3 Å². The lowest BCUT2D eigenvalue weighted by Crippen LogP contribution is -2.43. The minimum absolute atomic E-state index is 0.0432. The van der Waals surface area contributed by atoms with E-state index in [0.29, 0.717) is 0 Å². The topological polar surface area (TPSA) is 75.6 Å². The smallest absolute Gasteiger partial charge is 0.441 e. The van der Waals surface area contributed by atoms with Crippen molar-refractivity contribution < 1.29 is 32.6 Å². The summed E-state index contributed by atoms with van der Waals surface area (Å²) in [4.78, 5) is 23.6. The molecule has 10 heteroatoms. The van der Waals surface area contributed by atoms with Gasteiger partial charge in [-0.25, -0.2) is 9.59 Å². The maximum Gasteiger partial charge on any atom is 0.441 e. The van der Waals surface area contributed by atoms with E-state index < -0.39 is 23.6 Å². The molecule has 166 valence electrons. The Morgan fingerprint density at radius 2 is 1.61 bits per heavy atom. The largest absolute Gasteiger partial charge is 0.480 e. The Balaban J connectivity index is 1.52. The van der Waals surface area contributed by atoms with Crippen LogP contribution in [0.15, 0.2) is 48.5 Å². The summed E-state index contributed by atoms with van der Waals surface area (Å²) in [5.74, 6) is -1.57. The molecule has 0 saturated carbocycles. The lowest BCUT2D eigenvalue weighted by atomic mass is 9.98. The van der Waals surface area contributed by atoms with Gasteiger partial charge in [0.1, 0.15) is 12.6 Å². The fourth-order valence-corrected chi connectivity index (χ4v) is 5.04. The van der Waals surface area contributed by atoms with E-state index in [2.05, 4.69) is 5.32 Å². The molecule has 31 heavy (non-hydrogen) atoms. The number of alkyl halides is 3. The van der Waals surface area contributed by atoms with Gasteiger partial charge in [-0.15, -0.1) is 0 Å². The third-order valence-electron chi connectivity index (χ3n) is 4.71. The molecule has 1 unspecified atom stereocenters. The van der Waals surface area contributed by atoms with Crippen molar-refractivity contribution in [3.8, 4) is 11.1 Å². The van der Waals surface area contributed by atoms with E-state index in [1.165, 1.54) is 0 Å². The summed E-state index contributed by atoms with van der Waals surface area (Å²) in [5.41, 5.74) is -0.105. The molecule has 0 bridgehead atoms. The molecule has 0 heterocycles. The molecule has 1 amide bonds. The van der Waals surface area contributed by atoms with Crippen LogP contribution < -0.4 is 5.32 Å². The average Bonchev–Trinajstić information content (AvgIpc) is 3.04. The first-order valence-electron chi connectivity index (χ1n) is 9.39. The molecule has 1 aliphatic carbocycles. The highest BCUT2D eigenvalue weighted by molar-refractivity contribution is 8.03. The van der Waals surface area contributed by atoms with Crippen molar-refractivity contribution in [3.05, 3.63) is 59.7 Å². The summed E-state index contributed by atoms with van der Waals surface area (Å²) in [7, 11) is 0. The normalized spacial score (nSPS) is 13.9. The van der Waals surface area contributed by atoms with Crippen molar-refractivity contribution in [2.75, 3.05) is 23.9 Å². The number of ether oxygens (including phenoxy) is 1. The molecule has 0 radical (unpaired) electrons. The van der Waals surface area contributed by atoms with Crippen molar-refractivity contribution >= 4 is 35.6 Å². The van der Waals surface area contributed by atoms with Crippen LogP contribution in [0, 0.1) is 0 Å². The quantitative estimate of drug-likeness (QED) is 0.504. The first-order chi connectivity index (χ1) is 14.8. The molecule has 3 rings (SSSR count). The van der Waals surface area contributed by atoms with E-state index in [0.717, 1.165) is 34.0 Å². The fourth-order valence-electron chi connectivity index (χ4n) is 3.37. The number of fused-ring (bicyclic) bond motifs is 3. The minimum Gasteiger partial charge on any atom is -0.480 e. The predicted molar refractivity (Wildman–Crippen MR) is 115 cm³/mol. The Bertz CT molecular complexity index is 893. The second-order valence-electron chi connectivity index (χ2n) is 6.73. The molecule has 1 atom stereocenters. The van der Waals surface area contributed by atoms with Crippen LogP contribution in [-0.4, -0.2) is 52.6 Å². The number of thioether (sulfide) groups is 2. The second kappa shape index (κ2) is 10.3. The molecular weight excluding hydrogens is 451 g/mol. The summed E-state index contributed by atoms with van der Waals surface area (Å²) in [6.07, 6.45) is -0.875. The molecule has 2 N–H and O–H groups in total. The lowest BCUT2D eigenvalue weighted by molar-refractivity contribution is -0.138. The number of hydrogen-bond donors (Lipinski definition) is 2. The zero-order chi connectivity index (χ0) is 22.4. The van der Waals surface area contributed by atoms with Crippen LogP contribution in [0.1, 0.15) is 17.0 Å². The van der Waals surface area contributed by atoms with Crippen molar-refractivity contribution in [3.63, 3.8) is 0 Å². The van der Waals surface area contributed by atoms with E-state index >= 15 is 0 Å². The highest BCUT2D eigenvalue weighted by atomic mass is 32.2. The summed E-state index contributed by atoms with van der Waals surface area (Å²) < 4.78 is 41.7. The highest BCUT2D eigenvalue weighted by Crippen LogP contribution is 2.44. The monoisotopic (exact) mass is 471 g/mol. The maximum absolute atomic E-state index is 12.2. The molecule has 0 aromatic heterocycles. The minimum atomic E-state index is -4.31. The van der Waals surface area contributed by atoms with Crippen LogP contribution in [0.2, 0.25) is 0 Å². The Labute approximate surface area is 185 Å². The molecule has 0 fully saturated rings. The van der Waals surface area contributed by atoms with Gasteiger partial charge in [0.2, 0.25) is 0 Å². The summed E-state index contributed by atoms with van der Waals surface area (Å²) in [6, 6.07) is 14.4. The second-order valence-corrected chi connectivity index (χ2v) is 9.04. The maximum atomic E-state index is 12.2. The third kappa shape index (κ3) is 6.33. The van der Waals surface area contributed by atoms with Gasteiger partial charge in [-0.2, -0.15) is 24.9 Å². The molecule has 5 nitrogen and oxygen atoms in total. The van der Waals surface area contributed by atoms with Gasteiger partial charge in [0.15, 0.2) is 0 Å². The number of carboxylic acids is 1. The van der Waals surface area contributed by atoms with E-state index in [1.807, 2.05) is 48.5 Å². The number of alkyl carbamates (subject to hydrolysis) is 1. The van der Waals surface area contributed by atoms with Gasteiger partial charge >= 0.3 is 17.6 Å². The number of aliphatic carboxylic acids is 1. The number of carbonyl (C=O) groups excluding carboxylic acids is 1. The molecule has 2 aromatic rings. The standard InChI is InChI=1S/C21H20F3NO4S2/c22-21(23,24)31-10-9-30-12-18(19(26)27)25-20(28)29-11-17-15-7-3-1-5-13(15)14-6-2-4-8-16(14)17/h1-8,17-18H,9-12H2,(H,25,28)(H,26,27). The number of rotatable bonds is 9. The van der Waals surface area contributed by atoms with Crippen LogP contribution in [0.25, 0.3) is 11.1 Å². The van der Waals surface area contributed by atoms with Crippen LogP contribution >= 0.6 is 23.5 Å².